The Kier molecular flexibility index (Phi) is 5.86. The smallest absolute Gasteiger partial charge is 0.339 e. The lowest BCUT2D eigenvalue weighted by molar-refractivity contribution is 0.0457. The van der Waals surface area contributed by atoms with E-state index in [4.69, 9.17) is 4.74 Å². The van der Waals surface area contributed by atoms with Gasteiger partial charge in [-0.3, -0.25) is 4.79 Å². The molecule has 6 nitrogen and oxygen atoms in total. The van der Waals surface area contributed by atoms with E-state index in [0.717, 1.165) is 31.5 Å². The first-order valence-electron chi connectivity index (χ1n) is 8.83. The maximum Gasteiger partial charge on any atom is 0.339 e. The Morgan fingerprint density at radius 2 is 1.48 bits per heavy atom. The third-order valence-electron chi connectivity index (χ3n) is 4.52. The molecule has 1 aliphatic rings. The van der Waals surface area contributed by atoms with Crippen molar-refractivity contribution in [3.05, 3.63) is 70.8 Å². The van der Waals surface area contributed by atoms with Crippen LogP contribution < -0.4 is 0 Å². The zero-order chi connectivity index (χ0) is 19.2. The highest BCUT2D eigenvalue weighted by Crippen LogP contribution is 2.16. The van der Waals surface area contributed by atoms with Gasteiger partial charge in [0.05, 0.1) is 18.2 Å². The summed E-state index contributed by atoms with van der Waals surface area (Å²) in [6.07, 6.45) is 2.10. The van der Waals surface area contributed by atoms with Crippen LogP contribution in [0.2, 0.25) is 0 Å². The van der Waals surface area contributed by atoms with E-state index in [1.807, 2.05) is 4.90 Å². The van der Waals surface area contributed by atoms with Crippen LogP contribution in [0, 0.1) is 0 Å². The molecular weight excluding hydrogens is 346 g/mol. The number of hydrogen-bond acceptors (Lipinski definition) is 5. The number of esters is 2. The number of carbonyl (C=O) groups excluding carboxylic acids is 3. The Hall–Kier alpha value is -3.15. The van der Waals surface area contributed by atoms with Gasteiger partial charge in [-0.2, -0.15) is 0 Å². The summed E-state index contributed by atoms with van der Waals surface area (Å²) in [5.41, 5.74) is 1.71. The van der Waals surface area contributed by atoms with Crippen LogP contribution in [-0.2, 0) is 16.1 Å². The summed E-state index contributed by atoms with van der Waals surface area (Å²) in [7, 11) is 1.26. The minimum absolute atomic E-state index is 0.0306. The van der Waals surface area contributed by atoms with Gasteiger partial charge in [0.2, 0.25) is 0 Å². The van der Waals surface area contributed by atoms with E-state index in [0.29, 0.717) is 5.56 Å². The zero-order valence-corrected chi connectivity index (χ0v) is 15.1. The number of rotatable bonds is 5. The lowest BCUT2D eigenvalue weighted by atomic mass is 10.1. The fraction of sp³-hybridized carbons (Fsp3) is 0.286. The van der Waals surface area contributed by atoms with Crippen molar-refractivity contribution in [1.29, 1.82) is 0 Å². The number of hydrogen-bond donors (Lipinski definition) is 0. The van der Waals surface area contributed by atoms with E-state index in [9.17, 15) is 14.4 Å². The quantitative estimate of drug-likeness (QED) is 0.760. The van der Waals surface area contributed by atoms with E-state index >= 15 is 0 Å². The van der Waals surface area contributed by atoms with E-state index in [-0.39, 0.29) is 23.6 Å². The minimum atomic E-state index is -0.604. The monoisotopic (exact) mass is 367 g/mol. The number of benzene rings is 2. The molecule has 1 aliphatic heterocycles. The van der Waals surface area contributed by atoms with Gasteiger partial charge >= 0.3 is 11.9 Å². The normalized spacial score (nSPS) is 13.3. The standard InChI is InChI=1S/C21H21NO5/c1-26-20(24)17-6-2-3-7-18(17)21(25)27-14-15-8-10-16(11-9-15)19(23)22-12-4-5-13-22/h2-3,6-11H,4-5,12-14H2,1H3. The molecule has 0 radical (unpaired) electrons. The number of amides is 1. The van der Waals surface area contributed by atoms with Crippen molar-refractivity contribution in [2.24, 2.45) is 0 Å². The summed E-state index contributed by atoms with van der Waals surface area (Å²) < 4.78 is 9.99. The molecular formula is C21H21NO5. The Balaban J connectivity index is 1.63. The van der Waals surface area contributed by atoms with Crippen LogP contribution in [0.5, 0.6) is 0 Å². The fourth-order valence-corrected chi connectivity index (χ4v) is 3.02. The molecule has 0 saturated carbocycles. The first kappa shape index (κ1) is 18.6. The highest BCUT2D eigenvalue weighted by molar-refractivity contribution is 6.03. The molecule has 0 spiro atoms. The molecule has 0 aromatic heterocycles. The lowest BCUT2D eigenvalue weighted by Gasteiger charge is -2.15. The predicted octanol–water partition coefficient (Wildman–Crippen LogP) is 3.07. The van der Waals surface area contributed by atoms with Crippen LogP contribution >= 0.6 is 0 Å². The van der Waals surface area contributed by atoms with Crippen molar-refractivity contribution in [1.82, 2.24) is 4.90 Å². The number of ether oxygens (including phenoxy) is 2. The summed E-state index contributed by atoms with van der Waals surface area (Å²) in [4.78, 5) is 38.3. The van der Waals surface area contributed by atoms with Gasteiger partial charge in [0.1, 0.15) is 6.61 Å². The Labute approximate surface area is 157 Å². The second-order valence-electron chi connectivity index (χ2n) is 6.31. The molecule has 0 bridgehead atoms. The number of nitrogens with zero attached hydrogens (tertiary/aromatic N) is 1. The highest BCUT2D eigenvalue weighted by atomic mass is 16.5. The maximum absolute atomic E-state index is 12.3. The molecule has 140 valence electrons. The fourth-order valence-electron chi connectivity index (χ4n) is 3.02. The van der Waals surface area contributed by atoms with Gasteiger partial charge in [0.25, 0.3) is 5.91 Å². The number of carbonyl (C=O) groups is 3. The number of likely N-dealkylation sites (tertiary alicyclic amines) is 1. The summed E-state index contributed by atoms with van der Waals surface area (Å²) in [5, 5.41) is 0. The summed E-state index contributed by atoms with van der Waals surface area (Å²) in [5.74, 6) is -1.16. The lowest BCUT2D eigenvalue weighted by Crippen LogP contribution is -2.27. The largest absolute Gasteiger partial charge is 0.465 e. The maximum atomic E-state index is 12.3. The summed E-state index contributed by atoms with van der Waals surface area (Å²) >= 11 is 0. The Morgan fingerprint density at radius 3 is 2.07 bits per heavy atom. The van der Waals surface area contributed by atoms with Crippen LogP contribution in [0.1, 0.15) is 49.5 Å². The van der Waals surface area contributed by atoms with Crippen molar-refractivity contribution in [2.45, 2.75) is 19.4 Å². The van der Waals surface area contributed by atoms with Crippen LogP contribution in [-0.4, -0.2) is 42.9 Å². The van der Waals surface area contributed by atoms with Crippen molar-refractivity contribution >= 4 is 17.8 Å². The van der Waals surface area contributed by atoms with Crippen molar-refractivity contribution in [3.63, 3.8) is 0 Å². The summed E-state index contributed by atoms with van der Waals surface area (Å²) in [6, 6.07) is 13.4. The van der Waals surface area contributed by atoms with Gasteiger partial charge in [-0.25, -0.2) is 9.59 Å². The minimum Gasteiger partial charge on any atom is -0.465 e. The summed E-state index contributed by atoms with van der Waals surface area (Å²) in [6.45, 7) is 1.65. The molecule has 1 fully saturated rings. The molecule has 2 aromatic carbocycles. The third kappa shape index (κ3) is 4.34. The highest BCUT2D eigenvalue weighted by Gasteiger charge is 2.20. The van der Waals surface area contributed by atoms with Gasteiger partial charge < -0.3 is 14.4 Å². The van der Waals surface area contributed by atoms with Crippen molar-refractivity contribution < 1.29 is 23.9 Å². The zero-order valence-electron chi connectivity index (χ0n) is 15.1. The second-order valence-corrected chi connectivity index (χ2v) is 6.31. The SMILES string of the molecule is COC(=O)c1ccccc1C(=O)OCc1ccc(C(=O)N2CCCC2)cc1. The molecule has 6 heteroatoms. The van der Waals surface area contributed by atoms with Gasteiger partial charge in [-0.15, -0.1) is 0 Å². The van der Waals surface area contributed by atoms with Crippen LogP contribution in [0.4, 0.5) is 0 Å². The Bertz CT molecular complexity index is 838. The van der Waals surface area contributed by atoms with E-state index in [1.165, 1.54) is 19.2 Å². The molecule has 27 heavy (non-hydrogen) atoms. The average Bonchev–Trinajstić information content (AvgIpc) is 3.26. The average molecular weight is 367 g/mol. The molecule has 0 aliphatic carbocycles. The van der Waals surface area contributed by atoms with E-state index in [1.54, 1.807) is 36.4 Å². The van der Waals surface area contributed by atoms with Crippen molar-refractivity contribution in [3.8, 4) is 0 Å². The topological polar surface area (TPSA) is 72.9 Å². The molecule has 1 saturated heterocycles. The van der Waals surface area contributed by atoms with E-state index < -0.39 is 11.9 Å². The van der Waals surface area contributed by atoms with Crippen molar-refractivity contribution in [2.75, 3.05) is 20.2 Å². The van der Waals surface area contributed by atoms with Gasteiger partial charge in [0, 0.05) is 18.7 Å². The van der Waals surface area contributed by atoms with Gasteiger partial charge in [-0.1, -0.05) is 24.3 Å². The molecule has 2 aromatic rings. The first-order chi connectivity index (χ1) is 13.1. The third-order valence-corrected chi connectivity index (χ3v) is 4.52. The van der Waals surface area contributed by atoms with Crippen LogP contribution in [0.3, 0.4) is 0 Å². The molecule has 0 atom stereocenters. The van der Waals surface area contributed by atoms with Crippen LogP contribution in [0.25, 0.3) is 0 Å². The van der Waals surface area contributed by atoms with E-state index in [2.05, 4.69) is 4.74 Å². The molecule has 1 amide bonds. The second kappa shape index (κ2) is 8.49. The van der Waals surface area contributed by atoms with Gasteiger partial charge in [0.15, 0.2) is 0 Å². The van der Waals surface area contributed by atoms with Crippen LogP contribution in [0.15, 0.2) is 48.5 Å². The number of methoxy groups -OCH3 is 1. The molecule has 0 unspecified atom stereocenters. The molecule has 3 rings (SSSR count). The first-order valence-corrected chi connectivity index (χ1v) is 8.83. The predicted molar refractivity (Wildman–Crippen MR) is 98.5 cm³/mol. The Morgan fingerprint density at radius 1 is 0.889 bits per heavy atom. The molecule has 1 heterocycles. The molecule has 0 N–H and O–H groups in total. The van der Waals surface area contributed by atoms with Gasteiger partial charge in [-0.05, 0) is 42.7 Å².